The molecule has 0 radical (unpaired) electrons. The second kappa shape index (κ2) is 5.60. The van der Waals surface area contributed by atoms with E-state index in [4.69, 9.17) is 0 Å². The monoisotopic (exact) mass is 252 g/mol. The lowest BCUT2D eigenvalue weighted by atomic mass is 10.1. The van der Waals surface area contributed by atoms with Crippen molar-refractivity contribution in [3.05, 3.63) is 0 Å². The molecule has 1 aliphatic heterocycles. The van der Waals surface area contributed by atoms with Gasteiger partial charge in [0.15, 0.2) is 0 Å². The average molecular weight is 252 g/mol. The number of amides is 1. The Labute approximate surface area is 111 Å². The van der Waals surface area contributed by atoms with Gasteiger partial charge in [-0.25, -0.2) is 0 Å². The third-order valence-electron chi connectivity index (χ3n) is 4.33. The van der Waals surface area contributed by atoms with Crippen LogP contribution in [0.4, 0.5) is 0 Å². The number of nitrogens with one attached hydrogen (secondary N) is 1. The van der Waals surface area contributed by atoms with Gasteiger partial charge >= 0.3 is 0 Å². The van der Waals surface area contributed by atoms with E-state index < -0.39 is 0 Å². The summed E-state index contributed by atoms with van der Waals surface area (Å²) in [6, 6.07) is 0.0767. The van der Waals surface area contributed by atoms with Crippen LogP contribution in [0.2, 0.25) is 0 Å². The molecule has 18 heavy (non-hydrogen) atoms. The van der Waals surface area contributed by atoms with Crippen LogP contribution in [-0.4, -0.2) is 29.6 Å². The number of hydrogen-bond acceptors (Lipinski definition) is 2. The maximum absolute atomic E-state index is 12.4. The van der Waals surface area contributed by atoms with Crippen molar-refractivity contribution in [3.8, 4) is 0 Å². The molecule has 4 unspecified atom stereocenters. The second-order valence-electron chi connectivity index (χ2n) is 6.62. The lowest BCUT2D eigenvalue weighted by molar-refractivity contribution is -0.130. The van der Waals surface area contributed by atoms with E-state index in [1.165, 1.54) is 6.42 Å². The van der Waals surface area contributed by atoms with E-state index in [2.05, 4.69) is 37.9 Å². The Morgan fingerprint density at radius 1 is 1.44 bits per heavy atom. The molecular formula is C15H28N2O. The first kappa shape index (κ1) is 13.9. The molecule has 1 saturated carbocycles. The van der Waals surface area contributed by atoms with Gasteiger partial charge in [-0.3, -0.25) is 10.1 Å². The Balaban J connectivity index is 1.98. The van der Waals surface area contributed by atoms with Gasteiger partial charge in [0.2, 0.25) is 5.91 Å². The number of nitrogens with zero attached hydrogens (tertiary/aromatic N) is 1. The van der Waals surface area contributed by atoms with Gasteiger partial charge in [0.25, 0.3) is 0 Å². The minimum Gasteiger partial charge on any atom is -0.325 e. The molecule has 0 aromatic rings. The molecule has 0 aromatic carbocycles. The molecule has 0 spiro atoms. The highest BCUT2D eigenvalue weighted by Gasteiger charge is 2.43. The maximum Gasteiger partial charge on any atom is 0.241 e. The largest absolute Gasteiger partial charge is 0.325 e. The predicted molar refractivity (Wildman–Crippen MR) is 74.1 cm³/mol. The highest BCUT2D eigenvalue weighted by molar-refractivity contribution is 5.84. The molecule has 1 amide bonds. The summed E-state index contributed by atoms with van der Waals surface area (Å²) >= 11 is 0. The molecule has 1 heterocycles. The lowest BCUT2D eigenvalue weighted by Crippen LogP contribution is -2.39. The number of carbonyl (C=O) groups excluding carboxylic acids is 1. The van der Waals surface area contributed by atoms with E-state index in [0.717, 1.165) is 37.6 Å². The van der Waals surface area contributed by atoms with Crippen molar-refractivity contribution < 1.29 is 4.79 Å². The Morgan fingerprint density at radius 2 is 2.11 bits per heavy atom. The third kappa shape index (κ3) is 3.05. The van der Waals surface area contributed by atoms with Crippen molar-refractivity contribution in [3.63, 3.8) is 0 Å². The summed E-state index contributed by atoms with van der Waals surface area (Å²) in [6.07, 6.45) is 4.71. The first-order valence-electron chi connectivity index (χ1n) is 7.59. The van der Waals surface area contributed by atoms with Gasteiger partial charge in [-0.2, -0.15) is 0 Å². The SMILES string of the molecule is CCCC1NC(CC(C)C)N(CC2CC2C)C1=O. The van der Waals surface area contributed by atoms with Crippen LogP contribution >= 0.6 is 0 Å². The van der Waals surface area contributed by atoms with Crippen molar-refractivity contribution in [1.29, 1.82) is 0 Å². The normalized spacial score (nSPS) is 35.6. The first-order chi connectivity index (χ1) is 8.52. The van der Waals surface area contributed by atoms with E-state index in [1.54, 1.807) is 0 Å². The Kier molecular flexibility index (Phi) is 4.31. The minimum atomic E-state index is 0.0767. The fourth-order valence-electron chi connectivity index (χ4n) is 3.01. The van der Waals surface area contributed by atoms with Crippen molar-refractivity contribution in [2.75, 3.05) is 6.54 Å². The van der Waals surface area contributed by atoms with E-state index in [0.29, 0.717) is 11.8 Å². The molecule has 4 atom stereocenters. The zero-order valence-corrected chi connectivity index (χ0v) is 12.3. The molecule has 1 aliphatic carbocycles. The van der Waals surface area contributed by atoms with Crippen molar-refractivity contribution in [2.45, 2.75) is 65.6 Å². The molecule has 1 N–H and O–H groups in total. The standard InChI is InChI=1S/C15H28N2O/c1-5-6-13-15(18)17(9-12-8-11(12)4)14(16-13)7-10(2)3/h10-14,16H,5-9H2,1-4H3. The zero-order valence-electron chi connectivity index (χ0n) is 12.3. The first-order valence-corrected chi connectivity index (χ1v) is 7.59. The molecule has 0 aromatic heterocycles. The van der Waals surface area contributed by atoms with Crippen LogP contribution in [0, 0.1) is 17.8 Å². The molecule has 104 valence electrons. The lowest BCUT2D eigenvalue weighted by Gasteiger charge is -2.25. The van der Waals surface area contributed by atoms with E-state index in [1.807, 2.05) is 0 Å². The van der Waals surface area contributed by atoms with Crippen molar-refractivity contribution >= 4 is 5.91 Å². The van der Waals surface area contributed by atoms with Crippen molar-refractivity contribution in [1.82, 2.24) is 10.2 Å². The summed E-state index contributed by atoms with van der Waals surface area (Å²) in [7, 11) is 0. The van der Waals surface area contributed by atoms with Crippen LogP contribution in [-0.2, 0) is 4.79 Å². The smallest absolute Gasteiger partial charge is 0.241 e. The molecular weight excluding hydrogens is 224 g/mol. The second-order valence-corrected chi connectivity index (χ2v) is 6.62. The minimum absolute atomic E-state index is 0.0767. The van der Waals surface area contributed by atoms with Crippen LogP contribution < -0.4 is 5.32 Å². The van der Waals surface area contributed by atoms with Gasteiger partial charge in [-0.15, -0.1) is 0 Å². The summed E-state index contributed by atoms with van der Waals surface area (Å²) < 4.78 is 0. The van der Waals surface area contributed by atoms with Crippen LogP contribution in [0.3, 0.4) is 0 Å². The Bertz CT molecular complexity index is 303. The predicted octanol–water partition coefficient (Wildman–Crippen LogP) is 2.62. The average Bonchev–Trinajstić information content (AvgIpc) is 2.91. The molecule has 2 fully saturated rings. The summed E-state index contributed by atoms with van der Waals surface area (Å²) in [6.45, 7) is 9.89. The molecule has 2 rings (SSSR count). The summed E-state index contributed by atoms with van der Waals surface area (Å²) in [4.78, 5) is 14.6. The molecule has 1 saturated heterocycles. The number of carbonyl (C=O) groups is 1. The topological polar surface area (TPSA) is 32.3 Å². The zero-order chi connectivity index (χ0) is 13.3. The van der Waals surface area contributed by atoms with Crippen molar-refractivity contribution in [2.24, 2.45) is 17.8 Å². The fraction of sp³-hybridized carbons (Fsp3) is 0.933. The van der Waals surface area contributed by atoms with Crippen LogP contribution in [0.1, 0.15) is 53.4 Å². The number of hydrogen-bond donors (Lipinski definition) is 1. The summed E-state index contributed by atoms with van der Waals surface area (Å²) in [5.41, 5.74) is 0. The molecule has 2 aliphatic rings. The Hall–Kier alpha value is -0.570. The van der Waals surface area contributed by atoms with Gasteiger partial charge in [0, 0.05) is 6.54 Å². The van der Waals surface area contributed by atoms with Gasteiger partial charge in [0.1, 0.15) is 0 Å². The van der Waals surface area contributed by atoms with Gasteiger partial charge in [-0.05, 0) is 37.0 Å². The van der Waals surface area contributed by atoms with Crippen LogP contribution in [0.5, 0.6) is 0 Å². The summed E-state index contributed by atoms with van der Waals surface area (Å²) in [5.74, 6) is 2.56. The third-order valence-corrected chi connectivity index (χ3v) is 4.33. The van der Waals surface area contributed by atoms with E-state index >= 15 is 0 Å². The number of rotatable bonds is 6. The van der Waals surface area contributed by atoms with Gasteiger partial charge in [-0.1, -0.05) is 34.1 Å². The van der Waals surface area contributed by atoms with Crippen LogP contribution in [0.25, 0.3) is 0 Å². The quantitative estimate of drug-likeness (QED) is 0.788. The van der Waals surface area contributed by atoms with E-state index in [9.17, 15) is 4.79 Å². The van der Waals surface area contributed by atoms with Crippen LogP contribution in [0.15, 0.2) is 0 Å². The fourth-order valence-corrected chi connectivity index (χ4v) is 3.01. The molecule has 3 heteroatoms. The molecule has 3 nitrogen and oxygen atoms in total. The Morgan fingerprint density at radius 3 is 2.61 bits per heavy atom. The maximum atomic E-state index is 12.4. The summed E-state index contributed by atoms with van der Waals surface area (Å²) in [5, 5.41) is 3.55. The van der Waals surface area contributed by atoms with Gasteiger partial charge in [0.05, 0.1) is 12.2 Å². The van der Waals surface area contributed by atoms with E-state index in [-0.39, 0.29) is 12.2 Å². The highest BCUT2D eigenvalue weighted by Crippen LogP contribution is 2.39. The highest BCUT2D eigenvalue weighted by atomic mass is 16.2. The van der Waals surface area contributed by atoms with Gasteiger partial charge < -0.3 is 4.90 Å². The molecule has 0 bridgehead atoms.